The first-order chi connectivity index (χ1) is 9.60. The zero-order chi connectivity index (χ0) is 15.0. The highest BCUT2D eigenvalue weighted by Gasteiger charge is 2.22. The Balaban J connectivity index is 0.00000400. The van der Waals surface area contributed by atoms with Gasteiger partial charge in [0.2, 0.25) is 5.91 Å². The quantitative estimate of drug-likeness (QED) is 0.556. The van der Waals surface area contributed by atoms with Crippen LogP contribution in [0.5, 0.6) is 0 Å². The summed E-state index contributed by atoms with van der Waals surface area (Å²) in [6.45, 7) is 7.12. The minimum Gasteiger partial charge on any atom is -0.395 e. The first-order valence-corrected chi connectivity index (χ1v) is 7.98. The summed E-state index contributed by atoms with van der Waals surface area (Å²) in [7, 11) is 0. The lowest BCUT2D eigenvalue weighted by atomic mass is 9.99. The SMILES string of the molecule is CCC(C)C(N)C(=O)NCCCCN1CCCC1CO.Cl. The lowest BCUT2D eigenvalue weighted by molar-refractivity contribution is -0.123. The number of aliphatic hydroxyl groups is 1. The summed E-state index contributed by atoms with van der Waals surface area (Å²) in [6.07, 6.45) is 5.23. The number of amides is 1. The molecule has 0 radical (unpaired) electrons. The molecule has 0 saturated carbocycles. The van der Waals surface area contributed by atoms with Gasteiger partial charge in [-0.1, -0.05) is 20.3 Å². The number of likely N-dealkylation sites (tertiary alicyclic amines) is 1. The van der Waals surface area contributed by atoms with Crippen LogP contribution in [-0.4, -0.2) is 54.2 Å². The molecule has 3 unspecified atom stereocenters. The van der Waals surface area contributed by atoms with Crippen molar-refractivity contribution in [3.63, 3.8) is 0 Å². The summed E-state index contributed by atoms with van der Waals surface area (Å²) < 4.78 is 0. The fraction of sp³-hybridized carbons (Fsp3) is 0.933. The zero-order valence-electron chi connectivity index (χ0n) is 13.4. The van der Waals surface area contributed by atoms with Crippen molar-refractivity contribution in [1.29, 1.82) is 0 Å². The number of halogens is 1. The largest absolute Gasteiger partial charge is 0.395 e. The lowest BCUT2D eigenvalue weighted by Gasteiger charge is -2.22. The molecule has 0 aromatic rings. The average molecular weight is 322 g/mol. The second kappa shape index (κ2) is 11.2. The molecule has 1 amide bonds. The van der Waals surface area contributed by atoms with Crippen molar-refractivity contribution < 1.29 is 9.90 Å². The van der Waals surface area contributed by atoms with Gasteiger partial charge in [0.25, 0.3) is 0 Å². The topological polar surface area (TPSA) is 78.6 Å². The monoisotopic (exact) mass is 321 g/mol. The molecule has 0 aromatic heterocycles. The molecule has 0 spiro atoms. The number of carbonyl (C=O) groups excluding carboxylic acids is 1. The zero-order valence-corrected chi connectivity index (χ0v) is 14.2. The maximum absolute atomic E-state index is 11.8. The molecule has 1 heterocycles. The standard InChI is InChI=1S/C15H31N3O2.ClH/c1-3-12(2)14(16)15(20)17-8-4-5-9-18-10-6-7-13(18)11-19;/h12-14,19H,3-11,16H2,1-2H3,(H,17,20);1H. The maximum Gasteiger partial charge on any atom is 0.237 e. The van der Waals surface area contributed by atoms with Gasteiger partial charge in [-0.05, 0) is 44.7 Å². The minimum absolute atomic E-state index is 0. The van der Waals surface area contributed by atoms with Gasteiger partial charge in [-0.3, -0.25) is 9.69 Å². The number of unbranched alkanes of at least 4 members (excludes halogenated alkanes) is 1. The second-order valence-electron chi connectivity index (χ2n) is 5.92. The summed E-state index contributed by atoms with van der Waals surface area (Å²) in [4.78, 5) is 14.1. The van der Waals surface area contributed by atoms with E-state index in [1.165, 1.54) is 6.42 Å². The molecule has 1 aliphatic heterocycles. The minimum atomic E-state index is -0.391. The Hall–Kier alpha value is -0.360. The van der Waals surface area contributed by atoms with E-state index in [1.54, 1.807) is 0 Å². The number of nitrogens with zero attached hydrogens (tertiary/aromatic N) is 1. The van der Waals surface area contributed by atoms with Gasteiger partial charge in [0, 0.05) is 12.6 Å². The van der Waals surface area contributed by atoms with Gasteiger partial charge in [0.15, 0.2) is 0 Å². The predicted molar refractivity (Wildman–Crippen MR) is 88.6 cm³/mol. The Morgan fingerprint density at radius 1 is 1.48 bits per heavy atom. The Bertz CT molecular complexity index is 292. The van der Waals surface area contributed by atoms with Crippen molar-refractivity contribution in [2.45, 2.75) is 58.0 Å². The molecular formula is C15H32ClN3O2. The number of carbonyl (C=O) groups is 1. The van der Waals surface area contributed by atoms with Crippen LogP contribution in [0.3, 0.4) is 0 Å². The van der Waals surface area contributed by atoms with E-state index in [0.717, 1.165) is 38.8 Å². The van der Waals surface area contributed by atoms with Crippen LogP contribution in [0.2, 0.25) is 0 Å². The molecule has 1 rings (SSSR count). The summed E-state index contributed by atoms with van der Waals surface area (Å²) in [6, 6.07) is -0.0410. The van der Waals surface area contributed by atoms with E-state index < -0.39 is 6.04 Å². The van der Waals surface area contributed by atoms with Crippen LogP contribution >= 0.6 is 12.4 Å². The first kappa shape index (κ1) is 20.6. The smallest absolute Gasteiger partial charge is 0.237 e. The third-order valence-electron chi connectivity index (χ3n) is 4.44. The van der Waals surface area contributed by atoms with E-state index in [4.69, 9.17) is 5.73 Å². The lowest BCUT2D eigenvalue weighted by Crippen LogP contribution is -2.44. The summed E-state index contributed by atoms with van der Waals surface area (Å²) in [5, 5.41) is 12.2. The molecule has 1 saturated heterocycles. The van der Waals surface area contributed by atoms with Crippen LogP contribution in [0.25, 0.3) is 0 Å². The molecule has 0 aromatic carbocycles. The van der Waals surface area contributed by atoms with Crippen LogP contribution in [0.4, 0.5) is 0 Å². The van der Waals surface area contributed by atoms with Crippen LogP contribution in [0.1, 0.15) is 46.0 Å². The number of nitrogens with one attached hydrogen (secondary N) is 1. The van der Waals surface area contributed by atoms with E-state index >= 15 is 0 Å². The van der Waals surface area contributed by atoms with Crippen LogP contribution < -0.4 is 11.1 Å². The normalized spacial score (nSPS) is 21.6. The molecule has 21 heavy (non-hydrogen) atoms. The van der Waals surface area contributed by atoms with Gasteiger partial charge >= 0.3 is 0 Å². The highest BCUT2D eigenvalue weighted by molar-refractivity contribution is 5.85. The highest BCUT2D eigenvalue weighted by Crippen LogP contribution is 2.16. The summed E-state index contributed by atoms with van der Waals surface area (Å²) >= 11 is 0. The van der Waals surface area contributed by atoms with Crippen LogP contribution in [0.15, 0.2) is 0 Å². The second-order valence-corrected chi connectivity index (χ2v) is 5.92. The number of hydrogen-bond donors (Lipinski definition) is 3. The van der Waals surface area contributed by atoms with E-state index in [1.807, 2.05) is 13.8 Å². The van der Waals surface area contributed by atoms with Gasteiger partial charge < -0.3 is 16.2 Å². The maximum atomic E-state index is 11.8. The van der Waals surface area contributed by atoms with E-state index in [2.05, 4.69) is 10.2 Å². The molecule has 1 fully saturated rings. The van der Waals surface area contributed by atoms with Crippen molar-refractivity contribution in [1.82, 2.24) is 10.2 Å². The van der Waals surface area contributed by atoms with Crippen molar-refractivity contribution in [2.24, 2.45) is 11.7 Å². The third-order valence-corrected chi connectivity index (χ3v) is 4.44. The Kier molecular flexibility index (Phi) is 11.0. The molecule has 0 bridgehead atoms. The molecule has 1 aliphatic rings. The van der Waals surface area contributed by atoms with Crippen molar-refractivity contribution in [3.8, 4) is 0 Å². The van der Waals surface area contributed by atoms with Crippen molar-refractivity contribution in [3.05, 3.63) is 0 Å². The highest BCUT2D eigenvalue weighted by atomic mass is 35.5. The summed E-state index contributed by atoms with van der Waals surface area (Å²) in [5.41, 5.74) is 5.87. The average Bonchev–Trinajstić information content (AvgIpc) is 2.92. The molecule has 4 N–H and O–H groups in total. The molecule has 3 atom stereocenters. The van der Waals surface area contributed by atoms with E-state index in [9.17, 15) is 9.90 Å². The van der Waals surface area contributed by atoms with E-state index in [0.29, 0.717) is 12.6 Å². The molecule has 6 heteroatoms. The van der Waals surface area contributed by atoms with Crippen LogP contribution in [0, 0.1) is 5.92 Å². The van der Waals surface area contributed by atoms with Crippen molar-refractivity contribution in [2.75, 3.05) is 26.2 Å². The number of rotatable bonds is 9. The fourth-order valence-electron chi connectivity index (χ4n) is 2.68. The Morgan fingerprint density at radius 3 is 2.81 bits per heavy atom. The van der Waals surface area contributed by atoms with E-state index in [-0.39, 0.29) is 30.8 Å². The molecule has 0 aliphatic carbocycles. The third kappa shape index (κ3) is 6.96. The van der Waals surface area contributed by atoms with Gasteiger partial charge in [-0.25, -0.2) is 0 Å². The fourth-order valence-corrected chi connectivity index (χ4v) is 2.68. The van der Waals surface area contributed by atoms with Crippen molar-refractivity contribution >= 4 is 18.3 Å². The number of hydrogen-bond acceptors (Lipinski definition) is 4. The summed E-state index contributed by atoms with van der Waals surface area (Å²) in [5.74, 6) is 0.193. The van der Waals surface area contributed by atoms with Gasteiger partial charge in [0.1, 0.15) is 0 Å². The Labute approximate surface area is 135 Å². The Morgan fingerprint density at radius 2 is 2.19 bits per heavy atom. The van der Waals surface area contributed by atoms with Gasteiger partial charge in [0.05, 0.1) is 12.6 Å². The molecule has 126 valence electrons. The molecular weight excluding hydrogens is 290 g/mol. The number of nitrogens with two attached hydrogens (primary N) is 1. The van der Waals surface area contributed by atoms with Crippen LogP contribution in [-0.2, 0) is 4.79 Å². The predicted octanol–water partition coefficient (Wildman–Crippen LogP) is 1.13. The first-order valence-electron chi connectivity index (χ1n) is 7.98. The number of aliphatic hydroxyl groups excluding tert-OH is 1. The van der Waals surface area contributed by atoms with Gasteiger partial charge in [-0.15, -0.1) is 12.4 Å². The van der Waals surface area contributed by atoms with Gasteiger partial charge in [-0.2, -0.15) is 0 Å². The molecule has 5 nitrogen and oxygen atoms in total.